The van der Waals surface area contributed by atoms with Gasteiger partial charge >= 0.3 is 109 Å². The Morgan fingerprint density at radius 3 is 1.56 bits per heavy atom. The Kier molecular flexibility index (Phi) is 22.8. The van der Waals surface area contributed by atoms with Gasteiger partial charge in [-0.1, -0.05) is 0 Å². The average Bonchev–Trinajstić information content (AvgIpc) is 2.37. The molecule has 0 bridgehead atoms. The number of hydrogen-bond acceptors (Lipinski definition) is 2. The molecule has 0 amide bonds. The quantitative estimate of drug-likeness (QED) is 0.444. The monoisotopic (exact) mass is 267 g/mol. The predicted octanol–water partition coefficient (Wildman–Crippen LogP) is 3.52. The van der Waals surface area contributed by atoms with Gasteiger partial charge < -0.3 is 10.8 Å². The zero-order chi connectivity index (χ0) is 14.1. The van der Waals surface area contributed by atoms with Gasteiger partial charge in [-0.25, -0.2) is 0 Å². The fourth-order valence-corrected chi connectivity index (χ4v) is 2.24. The summed E-state index contributed by atoms with van der Waals surface area (Å²) in [6, 6.07) is 0. The van der Waals surface area contributed by atoms with Crippen molar-refractivity contribution in [1.29, 1.82) is 0 Å². The molecular formula is C14H30NNaO2. The van der Waals surface area contributed by atoms with Crippen LogP contribution in [0.25, 0.3) is 0 Å². The molecule has 0 atom stereocenters. The van der Waals surface area contributed by atoms with E-state index in [1.807, 2.05) is 0 Å². The van der Waals surface area contributed by atoms with E-state index < -0.39 is 5.97 Å². The molecule has 0 spiro atoms. The molecule has 0 aromatic rings. The Bertz CT molecular complexity index is 156. The standard InChI is InChI=1S/C12H25.C2H5NO2.Na/c1-3-5-7-9-11-12-10-8-6-4-2;3-1-2(4)5;/h1,3-12H2,2H3;1,3H2,(H,4,5);. The number of aliphatic carboxylic acids is 1. The zero-order valence-corrected chi connectivity index (χ0v) is 14.4. The van der Waals surface area contributed by atoms with Gasteiger partial charge in [-0.2, -0.15) is 0 Å². The summed E-state index contributed by atoms with van der Waals surface area (Å²) in [5.41, 5.74) is 4.57. The van der Waals surface area contributed by atoms with E-state index >= 15 is 0 Å². The van der Waals surface area contributed by atoms with Crippen LogP contribution >= 0.6 is 0 Å². The first-order valence-electron chi connectivity index (χ1n) is 7.60. The van der Waals surface area contributed by atoms with Crippen LogP contribution in [-0.2, 0) is 4.79 Å². The summed E-state index contributed by atoms with van der Waals surface area (Å²) < 4.78 is 1.51. The van der Waals surface area contributed by atoms with Gasteiger partial charge in [-0.05, 0) is 0 Å². The summed E-state index contributed by atoms with van der Waals surface area (Å²) in [5.74, 6) is -0.968. The largest absolute Gasteiger partial charge is 0.480 e. The van der Waals surface area contributed by atoms with Crippen molar-refractivity contribution in [2.24, 2.45) is 5.73 Å². The minimum Gasteiger partial charge on any atom is -0.480 e. The van der Waals surface area contributed by atoms with Crippen molar-refractivity contribution >= 4 is 33.9 Å². The topological polar surface area (TPSA) is 63.3 Å². The third kappa shape index (κ3) is 25.3. The second kappa shape index (κ2) is 19.8. The molecule has 0 unspecified atom stereocenters. The molecule has 0 aliphatic carbocycles. The second-order valence-corrected chi connectivity index (χ2v) is 5.78. The summed E-state index contributed by atoms with van der Waals surface area (Å²) in [4.78, 5) is 9.24. The minimum absolute atomic E-state index is 0.278. The molecule has 0 saturated carbocycles. The van der Waals surface area contributed by atoms with E-state index in [0.29, 0.717) is 0 Å². The van der Waals surface area contributed by atoms with Gasteiger partial charge in [0.1, 0.15) is 0 Å². The third-order valence-electron chi connectivity index (χ3n) is 2.88. The summed E-state index contributed by atoms with van der Waals surface area (Å²) in [5, 5.41) is 7.60. The van der Waals surface area contributed by atoms with E-state index in [0.717, 1.165) is 0 Å². The van der Waals surface area contributed by atoms with E-state index in [4.69, 9.17) is 5.11 Å². The average molecular weight is 267 g/mol. The molecule has 0 aromatic heterocycles. The first-order chi connectivity index (χ1) is 8.68. The van der Waals surface area contributed by atoms with E-state index in [9.17, 15) is 4.79 Å². The molecule has 18 heavy (non-hydrogen) atoms. The molecule has 0 rings (SSSR count). The van der Waals surface area contributed by atoms with Gasteiger partial charge in [0, 0.05) is 0 Å². The fourth-order valence-electron chi connectivity index (χ4n) is 1.74. The summed E-state index contributed by atoms with van der Waals surface area (Å²) in [7, 11) is 0. The molecule has 0 saturated heterocycles. The van der Waals surface area contributed by atoms with Crippen molar-refractivity contribution in [2.75, 3.05) is 6.54 Å². The maximum atomic E-state index is 9.24. The number of carboxylic acids is 1. The van der Waals surface area contributed by atoms with Gasteiger partial charge in [0.2, 0.25) is 0 Å². The molecule has 3 nitrogen and oxygen atoms in total. The van der Waals surface area contributed by atoms with Gasteiger partial charge in [-0.3, -0.25) is 4.79 Å². The van der Waals surface area contributed by atoms with Crippen LogP contribution in [0.3, 0.4) is 0 Å². The molecule has 0 radical (unpaired) electrons. The number of carbonyl (C=O) groups is 1. The van der Waals surface area contributed by atoms with E-state index in [2.05, 4.69) is 12.7 Å². The maximum absolute atomic E-state index is 9.24. The Labute approximate surface area is 130 Å². The number of hydrogen-bond donors (Lipinski definition) is 2. The molecular weight excluding hydrogens is 237 g/mol. The summed E-state index contributed by atoms with van der Waals surface area (Å²) >= 11 is 1.41. The van der Waals surface area contributed by atoms with Crippen molar-refractivity contribution in [3.63, 3.8) is 0 Å². The van der Waals surface area contributed by atoms with E-state index in [1.54, 1.807) is 0 Å². The van der Waals surface area contributed by atoms with Crippen LogP contribution in [0.2, 0.25) is 3.67 Å². The van der Waals surface area contributed by atoms with Crippen molar-refractivity contribution in [3.05, 3.63) is 0 Å². The van der Waals surface area contributed by atoms with Crippen molar-refractivity contribution in [1.82, 2.24) is 0 Å². The smallest absolute Gasteiger partial charge is 0.317 e. The Hall–Kier alpha value is 0.430. The minimum atomic E-state index is -0.968. The number of carboxylic acid groups (broad SMARTS) is 1. The van der Waals surface area contributed by atoms with Crippen LogP contribution < -0.4 is 5.73 Å². The van der Waals surface area contributed by atoms with Crippen LogP contribution in [0, 0.1) is 0 Å². The normalized spacial score (nSPS) is 9.78. The van der Waals surface area contributed by atoms with Gasteiger partial charge in [-0.15, -0.1) is 0 Å². The molecule has 0 fully saturated rings. The van der Waals surface area contributed by atoms with Crippen LogP contribution in [0.5, 0.6) is 0 Å². The molecule has 0 aliphatic heterocycles. The van der Waals surface area contributed by atoms with Gasteiger partial charge in [0.25, 0.3) is 0 Å². The van der Waals surface area contributed by atoms with Crippen molar-refractivity contribution in [2.45, 2.75) is 74.8 Å². The molecule has 104 valence electrons. The van der Waals surface area contributed by atoms with Gasteiger partial charge in [0.05, 0.1) is 6.54 Å². The molecule has 0 heterocycles. The molecule has 4 heteroatoms. The second-order valence-electron chi connectivity index (χ2n) is 4.78. The fraction of sp³-hybridized carbons (Fsp3) is 0.929. The Morgan fingerprint density at radius 2 is 1.28 bits per heavy atom. The van der Waals surface area contributed by atoms with Crippen LogP contribution in [0.4, 0.5) is 0 Å². The van der Waals surface area contributed by atoms with E-state index in [-0.39, 0.29) is 6.54 Å². The summed E-state index contributed by atoms with van der Waals surface area (Å²) in [6.07, 6.45) is 14.7. The molecule has 3 N–H and O–H groups in total. The van der Waals surface area contributed by atoms with Crippen molar-refractivity contribution in [3.8, 4) is 0 Å². The third-order valence-corrected chi connectivity index (χ3v) is 3.59. The predicted molar refractivity (Wildman–Crippen MR) is 79.1 cm³/mol. The first kappa shape index (κ1) is 20.7. The van der Waals surface area contributed by atoms with Crippen LogP contribution in [0.15, 0.2) is 0 Å². The van der Waals surface area contributed by atoms with Crippen LogP contribution in [0.1, 0.15) is 71.1 Å². The zero-order valence-electron chi connectivity index (χ0n) is 12.4. The first-order valence-corrected chi connectivity index (χ1v) is 9.02. The Balaban J connectivity index is 0. The number of nitrogens with two attached hydrogens (primary N) is 1. The number of rotatable bonds is 11. The van der Waals surface area contributed by atoms with Crippen LogP contribution in [-0.4, -0.2) is 45.6 Å². The molecule has 0 aromatic carbocycles. The Morgan fingerprint density at radius 1 is 0.944 bits per heavy atom. The van der Waals surface area contributed by atoms with E-state index in [1.165, 1.54) is 95.8 Å². The number of unbranched alkanes of at least 4 members (excludes halogenated alkanes) is 9. The van der Waals surface area contributed by atoms with Crippen molar-refractivity contribution < 1.29 is 9.90 Å². The SMILES string of the molecule is CCCCCCCCCCC[CH2][Na].NCC(=O)O. The summed E-state index contributed by atoms with van der Waals surface area (Å²) in [6.45, 7) is 2.01. The maximum Gasteiger partial charge on any atom is 0.317 e. The molecule has 0 aliphatic rings. The van der Waals surface area contributed by atoms with Gasteiger partial charge in [0.15, 0.2) is 0 Å².